The van der Waals surface area contributed by atoms with Crippen LogP contribution in [0.4, 0.5) is 0 Å². The molecule has 1 fully saturated rings. The van der Waals surface area contributed by atoms with Gasteiger partial charge < -0.3 is 9.80 Å². The lowest BCUT2D eigenvalue weighted by molar-refractivity contribution is -0.128. The number of hydrogen-bond acceptors (Lipinski definition) is 3. The standard InChI is InChI=1S/C18H21N3O2/c1-13-16(12-15-6-3-4-7-17(15)19-13)18(23)21-9-5-8-20(10-11-21)14(2)22/h3-4,6-7,12H,5,8-11H2,1-2H3. The molecule has 120 valence electrons. The van der Waals surface area contributed by atoms with Crippen LogP contribution in [0.2, 0.25) is 0 Å². The predicted octanol–water partition coefficient (Wildman–Crippen LogP) is 2.24. The van der Waals surface area contributed by atoms with E-state index in [4.69, 9.17) is 0 Å². The van der Waals surface area contributed by atoms with Gasteiger partial charge in [-0.15, -0.1) is 0 Å². The van der Waals surface area contributed by atoms with Gasteiger partial charge in [-0.25, -0.2) is 0 Å². The summed E-state index contributed by atoms with van der Waals surface area (Å²) in [6.07, 6.45) is 0.811. The van der Waals surface area contributed by atoms with Crippen LogP contribution in [0.5, 0.6) is 0 Å². The third-order valence-electron chi connectivity index (χ3n) is 4.37. The Hall–Kier alpha value is -2.43. The summed E-state index contributed by atoms with van der Waals surface area (Å²) in [6, 6.07) is 9.74. The highest BCUT2D eigenvalue weighted by Gasteiger charge is 2.23. The van der Waals surface area contributed by atoms with Crippen molar-refractivity contribution in [1.29, 1.82) is 0 Å². The summed E-state index contributed by atoms with van der Waals surface area (Å²) < 4.78 is 0. The molecule has 0 bridgehead atoms. The second kappa shape index (κ2) is 6.36. The molecule has 1 saturated heterocycles. The predicted molar refractivity (Wildman–Crippen MR) is 89.3 cm³/mol. The average molecular weight is 311 g/mol. The molecule has 23 heavy (non-hydrogen) atoms. The molecule has 0 unspecified atom stereocenters. The Bertz CT molecular complexity index is 757. The molecule has 2 aromatic rings. The van der Waals surface area contributed by atoms with Crippen LogP contribution in [-0.2, 0) is 4.79 Å². The highest BCUT2D eigenvalue weighted by molar-refractivity contribution is 5.98. The second-order valence-corrected chi connectivity index (χ2v) is 5.97. The summed E-state index contributed by atoms with van der Waals surface area (Å²) in [5.41, 5.74) is 2.31. The first kappa shape index (κ1) is 15.5. The van der Waals surface area contributed by atoms with Crippen molar-refractivity contribution in [3.8, 4) is 0 Å². The molecular weight excluding hydrogens is 290 g/mol. The molecule has 0 saturated carbocycles. The average Bonchev–Trinajstić information content (AvgIpc) is 2.79. The number of fused-ring (bicyclic) bond motifs is 1. The van der Waals surface area contributed by atoms with Gasteiger partial charge in [0, 0.05) is 38.5 Å². The van der Waals surface area contributed by atoms with E-state index < -0.39 is 0 Å². The summed E-state index contributed by atoms with van der Waals surface area (Å²) in [4.78, 5) is 32.6. The fourth-order valence-corrected chi connectivity index (χ4v) is 3.03. The molecule has 1 aliphatic rings. The van der Waals surface area contributed by atoms with E-state index in [0.29, 0.717) is 31.7 Å². The third-order valence-corrected chi connectivity index (χ3v) is 4.37. The van der Waals surface area contributed by atoms with E-state index in [1.54, 1.807) is 11.8 Å². The van der Waals surface area contributed by atoms with Gasteiger partial charge in [0.25, 0.3) is 5.91 Å². The molecule has 0 spiro atoms. The van der Waals surface area contributed by atoms with Crippen LogP contribution in [0.15, 0.2) is 30.3 Å². The van der Waals surface area contributed by atoms with E-state index in [-0.39, 0.29) is 11.8 Å². The molecule has 5 heteroatoms. The fourth-order valence-electron chi connectivity index (χ4n) is 3.03. The fraction of sp³-hybridized carbons (Fsp3) is 0.389. The van der Waals surface area contributed by atoms with Crippen LogP contribution in [0.25, 0.3) is 10.9 Å². The van der Waals surface area contributed by atoms with Crippen LogP contribution in [0.3, 0.4) is 0 Å². The Morgan fingerprint density at radius 1 is 1.04 bits per heavy atom. The number of benzene rings is 1. The van der Waals surface area contributed by atoms with Crippen molar-refractivity contribution >= 4 is 22.7 Å². The molecule has 0 aliphatic carbocycles. The maximum Gasteiger partial charge on any atom is 0.255 e. The third kappa shape index (κ3) is 3.18. The zero-order valence-electron chi connectivity index (χ0n) is 13.6. The number of para-hydroxylation sites is 1. The second-order valence-electron chi connectivity index (χ2n) is 5.97. The number of aryl methyl sites for hydroxylation is 1. The Morgan fingerprint density at radius 2 is 1.74 bits per heavy atom. The van der Waals surface area contributed by atoms with Crippen LogP contribution in [0.1, 0.15) is 29.4 Å². The van der Waals surface area contributed by atoms with Crippen LogP contribution in [-0.4, -0.2) is 52.8 Å². The monoisotopic (exact) mass is 311 g/mol. The Kier molecular flexibility index (Phi) is 4.28. The molecule has 1 aliphatic heterocycles. The van der Waals surface area contributed by atoms with Gasteiger partial charge in [-0.1, -0.05) is 18.2 Å². The molecule has 0 N–H and O–H groups in total. The zero-order chi connectivity index (χ0) is 16.4. The number of amides is 2. The number of pyridine rings is 1. The largest absolute Gasteiger partial charge is 0.341 e. The van der Waals surface area contributed by atoms with Crippen molar-refractivity contribution in [2.24, 2.45) is 0 Å². The van der Waals surface area contributed by atoms with Crippen molar-refractivity contribution in [2.75, 3.05) is 26.2 Å². The molecule has 5 nitrogen and oxygen atoms in total. The van der Waals surface area contributed by atoms with Crippen LogP contribution in [0, 0.1) is 6.92 Å². The van der Waals surface area contributed by atoms with E-state index in [1.807, 2.05) is 42.2 Å². The molecule has 1 aromatic heterocycles. The van der Waals surface area contributed by atoms with Crippen LogP contribution >= 0.6 is 0 Å². The van der Waals surface area contributed by atoms with E-state index in [2.05, 4.69) is 4.98 Å². The van der Waals surface area contributed by atoms with Gasteiger partial charge in [0.2, 0.25) is 5.91 Å². The Morgan fingerprint density at radius 3 is 2.52 bits per heavy atom. The number of aromatic nitrogens is 1. The minimum Gasteiger partial charge on any atom is -0.341 e. The minimum absolute atomic E-state index is 0.00570. The minimum atomic E-state index is 0.00570. The van der Waals surface area contributed by atoms with E-state index in [0.717, 1.165) is 23.0 Å². The number of carbonyl (C=O) groups excluding carboxylic acids is 2. The molecule has 3 rings (SSSR count). The Labute approximate surface area is 135 Å². The maximum atomic E-state index is 12.9. The molecule has 2 amide bonds. The summed E-state index contributed by atoms with van der Waals surface area (Å²) in [5, 5.41) is 0.974. The van der Waals surface area contributed by atoms with Gasteiger partial charge in [0.1, 0.15) is 0 Å². The van der Waals surface area contributed by atoms with E-state index in [9.17, 15) is 9.59 Å². The van der Waals surface area contributed by atoms with Crippen molar-refractivity contribution in [3.05, 3.63) is 41.6 Å². The lowest BCUT2D eigenvalue weighted by Crippen LogP contribution is -2.36. The zero-order valence-corrected chi connectivity index (χ0v) is 13.6. The summed E-state index contributed by atoms with van der Waals surface area (Å²) in [7, 11) is 0. The van der Waals surface area contributed by atoms with Gasteiger partial charge in [-0.3, -0.25) is 14.6 Å². The Balaban J connectivity index is 1.85. The van der Waals surface area contributed by atoms with Crippen molar-refractivity contribution in [2.45, 2.75) is 20.3 Å². The normalized spacial score (nSPS) is 15.6. The lowest BCUT2D eigenvalue weighted by atomic mass is 10.1. The first-order valence-corrected chi connectivity index (χ1v) is 7.97. The smallest absolute Gasteiger partial charge is 0.255 e. The maximum absolute atomic E-state index is 12.9. The molecule has 0 atom stereocenters. The number of rotatable bonds is 1. The van der Waals surface area contributed by atoms with Gasteiger partial charge in [-0.2, -0.15) is 0 Å². The van der Waals surface area contributed by atoms with E-state index in [1.165, 1.54) is 0 Å². The lowest BCUT2D eigenvalue weighted by Gasteiger charge is -2.22. The topological polar surface area (TPSA) is 53.5 Å². The first-order chi connectivity index (χ1) is 11.1. The quantitative estimate of drug-likeness (QED) is 0.811. The summed E-state index contributed by atoms with van der Waals surface area (Å²) in [5.74, 6) is 0.0778. The van der Waals surface area contributed by atoms with Gasteiger partial charge in [-0.05, 0) is 25.5 Å². The number of carbonyl (C=O) groups is 2. The van der Waals surface area contributed by atoms with Gasteiger partial charge >= 0.3 is 0 Å². The van der Waals surface area contributed by atoms with Gasteiger partial charge in [0.05, 0.1) is 16.8 Å². The van der Waals surface area contributed by atoms with Crippen LogP contribution < -0.4 is 0 Å². The van der Waals surface area contributed by atoms with Crippen molar-refractivity contribution in [1.82, 2.24) is 14.8 Å². The SMILES string of the molecule is CC(=O)N1CCCN(C(=O)c2cc3ccccc3nc2C)CC1. The summed E-state index contributed by atoms with van der Waals surface area (Å²) >= 11 is 0. The highest BCUT2D eigenvalue weighted by Crippen LogP contribution is 2.18. The summed E-state index contributed by atoms with van der Waals surface area (Å²) in [6.45, 7) is 6.02. The number of hydrogen-bond donors (Lipinski definition) is 0. The molecule has 2 heterocycles. The highest BCUT2D eigenvalue weighted by atomic mass is 16.2. The van der Waals surface area contributed by atoms with Crippen molar-refractivity contribution < 1.29 is 9.59 Å². The number of nitrogens with zero attached hydrogens (tertiary/aromatic N) is 3. The molecule has 1 aromatic carbocycles. The van der Waals surface area contributed by atoms with Crippen molar-refractivity contribution in [3.63, 3.8) is 0 Å². The molecular formula is C18H21N3O2. The molecule has 0 radical (unpaired) electrons. The van der Waals surface area contributed by atoms with Gasteiger partial charge in [0.15, 0.2) is 0 Å². The van der Waals surface area contributed by atoms with E-state index >= 15 is 0 Å². The first-order valence-electron chi connectivity index (χ1n) is 7.97.